The van der Waals surface area contributed by atoms with Crippen molar-refractivity contribution in [2.75, 3.05) is 36.0 Å². The number of aromatic nitrogens is 4. The molecule has 8 nitrogen and oxygen atoms in total. The summed E-state index contributed by atoms with van der Waals surface area (Å²) in [4.78, 5) is 32.5. The van der Waals surface area contributed by atoms with Crippen molar-refractivity contribution < 1.29 is 31.1 Å². The first-order valence-electron chi connectivity index (χ1n) is 11.5. The standard InChI is InChI=1S/C22H21F6N7OS/c1-2-3-11-8-13-17(32-20(33-18(13)37-11)35-7-5-29-15(36)10-35)34-6-4-12-14(9-34)30-19(22(26,27)28)31-16(12)21(23,24)25/h8H,2-7,9-10H2,1H3,(H,29,36). The maximum atomic E-state index is 13.6. The van der Waals surface area contributed by atoms with Gasteiger partial charge in [0.25, 0.3) is 0 Å². The maximum absolute atomic E-state index is 13.6. The van der Waals surface area contributed by atoms with Crippen LogP contribution in [0.5, 0.6) is 0 Å². The summed E-state index contributed by atoms with van der Waals surface area (Å²) < 4.78 is 80.9. The molecule has 0 radical (unpaired) electrons. The van der Waals surface area contributed by atoms with E-state index in [2.05, 4.69) is 25.3 Å². The van der Waals surface area contributed by atoms with E-state index < -0.39 is 23.9 Å². The lowest BCUT2D eigenvalue weighted by molar-refractivity contribution is -0.153. The fraction of sp³-hybridized carbons (Fsp3) is 0.500. The van der Waals surface area contributed by atoms with E-state index in [1.165, 1.54) is 11.3 Å². The molecule has 2 aliphatic heterocycles. The van der Waals surface area contributed by atoms with Gasteiger partial charge >= 0.3 is 12.4 Å². The lowest BCUT2D eigenvalue weighted by atomic mass is 10.0. The summed E-state index contributed by atoms with van der Waals surface area (Å²) in [7, 11) is 0. The number of alkyl halides is 6. The molecule has 0 saturated carbocycles. The van der Waals surface area contributed by atoms with Gasteiger partial charge in [0.05, 0.1) is 24.2 Å². The zero-order chi connectivity index (χ0) is 26.5. The number of nitrogens with one attached hydrogen (secondary N) is 1. The Morgan fingerprint density at radius 2 is 1.78 bits per heavy atom. The van der Waals surface area contributed by atoms with Gasteiger partial charge in [0.1, 0.15) is 10.6 Å². The molecule has 0 unspecified atom stereocenters. The molecule has 0 aromatic carbocycles. The van der Waals surface area contributed by atoms with Crippen LogP contribution in [-0.2, 0) is 36.5 Å². The molecular formula is C22H21F6N7OS. The van der Waals surface area contributed by atoms with Gasteiger partial charge in [-0.05, 0) is 18.9 Å². The number of carbonyl (C=O) groups excluding carboxylic acids is 1. The highest BCUT2D eigenvalue weighted by atomic mass is 32.1. The smallest absolute Gasteiger partial charge is 0.353 e. The molecule has 1 saturated heterocycles. The molecule has 3 aromatic rings. The van der Waals surface area contributed by atoms with Crippen molar-refractivity contribution in [1.29, 1.82) is 0 Å². The first-order valence-corrected chi connectivity index (χ1v) is 12.4. The van der Waals surface area contributed by atoms with Crippen LogP contribution in [0, 0.1) is 0 Å². The van der Waals surface area contributed by atoms with Crippen molar-refractivity contribution in [3.63, 3.8) is 0 Å². The minimum Gasteiger partial charge on any atom is -0.353 e. The van der Waals surface area contributed by atoms with Crippen LogP contribution in [0.25, 0.3) is 10.2 Å². The van der Waals surface area contributed by atoms with Crippen molar-refractivity contribution in [2.24, 2.45) is 0 Å². The summed E-state index contributed by atoms with van der Waals surface area (Å²) in [6.07, 6.45) is -8.74. The van der Waals surface area contributed by atoms with Crippen LogP contribution in [0.4, 0.5) is 38.1 Å². The average molecular weight is 546 g/mol. The van der Waals surface area contributed by atoms with Gasteiger partial charge in [0.15, 0.2) is 5.69 Å². The number of anilines is 2. The lowest BCUT2D eigenvalue weighted by Gasteiger charge is -2.32. The second kappa shape index (κ2) is 9.26. The molecule has 5 heterocycles. The van der Waals surface area contributed by atoms with Gasteiger partial charge in [-0.2, -0.15) is 31.3 Å². The molecule has 1 amide bonds. The minimum absolute atomic E-state index is 0.0398. The van der Waals surface area contributed by atoms with Gasteiger partial charge < -0.3 is 15.1 Å². The molecule has 0 spiro atoms. The number of rotatable bonds is 4. The summed E-state index contributed by atoms with van der Waals surface area (Å²) in [5.41, 5.74) is -2.24. The third-order valence-electron chi connectivity index (χ3n) is 6.12. The number of carbonyl (C=O) groups is 1. The number of hydrogen-bond donors (Lipinski definition) is 1. The van der Waals surface area contributed by atoms with Gasteiger partial charge in [0, 0.05) is 30.1 Å². The zero-order valence-corrected chi connectivity index (χ0v) is 20.3. The number of nitrogens with zero attached hydrogens (tertiary/aromatic N) is 6. The average Bonchev–Trinajstić information content (AvgIpc) is 3.24. The fourth-order valence-electron chi connectivity index (χ4n) is 4.48. The van der Waals surface area contributed by atoms with Crippen molar-refractivity contribution in [3.05, 3.63) is 33.7 Å². The Morgan fingerprint density at radius 1 is 1.00 bits per heavy atom. The number of fused-ring (bicyclic) bond motifs is 2. The molecule has 5 rings (SSSR count). The monoisotopic (exact) mass is 545 g/mol. The fourth-order valence-corrected chi connectivity index (χ4v) is 5.60. The molecule has 0 aliphatic carbocycles. The van der Waals surface area contributed by atoms with Crippen LogP contribution in [-0.4, -0.2) is 52.0 Å². The largest absolute Gasteiger partial charge is 0.451 e. The Bertz CT molecular complexity index is 1360. The van der Waals surface area contributed by atoms with Crippen molar-refractivity contribution in [2.45, 2.75) is 45.1 Å². The van der Waals surface area contributed by atoms with Crippen LogP contribution in [0.2, 0.25) is 0 Å². The number of amides is 1. The van der Waals surface area contributed by atoms with Crippen molar-refractivity contribution >= 4 is 39.2 Å². The second-order valence-electron chi connectivity index (χ2n) is 8.79. The predicted molar refractivity (Wildman–Crippen MR) is 123 cm³/mol. The van der Waals surface area contributed by atoms with Crippen LogP contribution in [0.1, 0.15) is 41.0 Å². The van der Waals surface area contributed by atoms with E-state index in [0.717, 1.165) is 17.7 Å². The highest BCUT2D eigenvalue weighted by Gasteiger charge is 2.43. The normalized spacial score (nSPS) is 16.8. The van der Waals surface area contributed by atoms with Crippen LogP contribution >= 0.6 is 11.3 Å². The molecule has 0 bridgehead atoms. The quantitative estimate of drug-likeness (QED) is 0.497. The molecule has 1 fully saturated rings. The van der Waals surface area contributed by atoms with E-state index in [-0.39, 0.29) is 49.2 Å². The highest BCUT2D eigenvalue weighted by Crippen LogP contribution is 2.39. The Balaban J connectivity index is 1.60. The lowest BCUT2D eigenvalue weighted by Crippen LogP contribution is -2.48. The van der Waals surface area contributed by atoms with E-state index in [9.17, 15) is 31.1 Å². The second-order valence-corrected chi connectivity index (χ2v) is 9.90. The number of halogens is 6. The first kappa shape index (κ1) is 25.4. The zero-order valence-electron chi connectivity index (χ0n) is 19.5. The van der Waals surface area contributed by atoms with Crippen molar-refractivity contribution in [3.8, 4) is 0 Å². The van der Waals surface area contributed by atoms with Gasteiger partial charge in [0.2, 0.25) is 17.7 Å². The minimum atomic E-state index is -5.14. The summed E-state index contributed by atoms with van der Waals surface area (Å²) in [5.74, 6) is -1.36. The molecule has 0 atom stereocenters. The SMILES string of the molecule is CCCc1cc2c(N3CCc4c(nc(C(F)(F)F)nc4C(F)(F)F)C3)nc(N3CCNC(=O)C3)nc2s1. The van der Waals surface area contributed by atoms with Gasteiger partial charge in [-0.1, -0.05) is 13.3 Å². The topological polar surface area (TPSA) is 87.1 Å². The van der Waals surface area contributed by atoms with E-state index in [4.69, 9.17) is 0 Å². The maximum Gasteiger partial charge on any atom is 0.451 e. The summed E-state index contributed by atoms with van der Waals surface area (Å²) >= 11 is 1.45. The molecule has 198 valence electrons. The summed E-state index contributed by atoms with van der Waals surface area (Å²) in [6, 6.07) is 1.91. The Kier molecular flexibility index (Phi) is 6.36. The number of hydrogen-bond acceptors (Lipinski definition) is 8. The van der Waals surface area contributed by atoms with Crippen LogP contribution in [0.15, 0.2) is 6.07 Å². The third-order valence-corrected chi connectivity index (χ3v) is 7.20. The predicted octanol–water partition coefficient (Wildman–Crippen LogP) is 3.97. The van der Waals surface area contributed by atoms with Crippen LogP contribution < -0.4 is 15.1 Å². The van der Waals surface area contributed by atoms with Gasteiger partial charge in [-0.25, -0.2) is 15.0 Å². The van der Waals surface area contributed by atoms with Crippen molar-refractivity contribution in [1.82, 2.24) is 25.3 Å². The molecule has 15 heteroatoms. The number of aryl methyl sites for hydroxylation is 1. The summed E-state index contributed by atoms with van der Waals surface area (Å²) in [6.45, 7) is 2.68. The number of thiophene rings is 1. The Labute approximate surface area is 210 Å². The van der Waals surface area contributed by atoms with E-state index in [1.807, 2.05) is 13.0 Å². The molecular weight excluding hydrogens is 524 g/mol. The third kappa shape index (κ3) is 5.00. The van der Waals surface area contributed by atoms with E-state index in [0.29, 0.717) is 29.1 Å². The molecule has 1 N–H and O–H groups in total. The molecule has 3 aromatic heterocycles. The van der Waals surface area contributed by atoms with E-state index >= 15 is 0 Å². The van der Waals surface area contributed by atoms with Gasteiger partial charge in [-0.15, -0.1) is 11.3 Å². The van der Waals surface area contributed by atoms with Gasteiger partial charge in [-0.3, -0.25) is 4.79 Å². The van der Waals surface area contributed by atoms with E-state index in [1.54, 1.807) is 9.80 Å². The molecule has 37 heavy (non-hydrogen) atoms. The Morgan fingerprint density at radius 3 is 2.46 bits per heavy atom. The first-order chi connectivity index (χ1) is 17.4. The molecule has 2 aliphatic rings. The highest BCUT2D eigenvalue weighted by molar-refractivity contribution is 7.18. The Hall–Kier alpha value is -3.23. The van der Waals surface area contributed by atoms with Crippen LogP contribution in [0.3, 0.4) is 0 Å². The number of piperazine rings is 1. The summed E-state index contributed by atoms with van der Waals surface area (Å²) in [5, 5.41) is 3.38.